The van der Waals surface area contributed by atoms with Crippen LogP contribution in [0.15, 0.2) is 67.1 Å². The highest BCUT2D eigenvalue weighted by atomic mass is 19.4. The summed E-state index contributed by atoms with van der Waals surface area (Å²) >= 11 is 0. The topological polar surface area (TPSA) is 66.9 Å². The lowest BCUT2D eigenvalue weighted by molar-refractivity contribution is -0.136. The van der Waals surface area contributed by atoms with Crippen LogP contribution in [-0.4, -0.2) is 15.9 Å². The molecule has 3 aromatic rings. The maximum absolute atomic E-state index is 13.1. The van der Waals surface area contributed by atoms with E-state index in [-0.39, 0.29) is 17.9 Å². The summed E-state index contributed by atoms with van der Waals surface area (Å²) in [6.45, 7) is 0.289. The molecular weight excluding hydrogens is 357 g/mol. The zero-order chi connectivity index (χ0) is 19.3. The van der Waals surface area contributed by atoms with Gasteiger partial charge >= 0.3 is 6.18 Å². The van der Waals surface area contributed by atoms with Crippen LogP contribution in [0.4, 0.5) is 24.5 Å². The summed E-state index contributed by atoms with van der Waals surface area (Å²) in [7, 11) is 0. The summed E-state index contributed by atoms with van der Waals surface area (Å²) in [5, 5.41) is 5.40. The Morgan fingerprint density at radius 2 is 1.74 bits per heavy atom. The molecule has 0 aliphatic rings. The molecule has 8 heteroatoms. The maximum Gasteiger partial charge on any atom is 0.418 e. The fourth-order valence-corrected chi connectivity index (χ4v) is 2.40. The van der Waals surface area contributed by atoms with Gasteiger partial charge in [0.25, 0.3) is 5.91 Å². The number of nitrogens with zero attached hydrogens (tertiary/aromatic N) is 2. The molecule has 0 aliphatic carbocycles. The van der Waals surface area contributed by atoms with E-state index < -0.39 is 17.6 Å². The van der Waals surface area contributed by atoms with Gasteiger partial charge in [-0.15, -0.1) is 0 Å². The van der Waals surface area contributed by atoms with E-state index in [1.54, 1.807) is 24.5 Å². The lowest BCUT2D eigenvalue weighted by Crippen LogP contribution is -2.23. The van der Waals surface area contributed by atoms with Gasteiger partial charge < -0.3 is 10.6 Å². The monoisotopic (exact) mass is 372 g/mol. The maximum atomic E-state index is 13.1. The standard InChI is InChI=1S/C19H15F3N4O/c20-19(21,22)15-3-1-2-4-16(15)26-14-7-10-24-17(11-14)18(27)25-12-13-5-8-23-9-6-13/h1-11H,12H2,(H,24,26)(H,25,27). The number of hydrogen-bond donors (Lipinski definition) is 2. The van der Waals surface area contributed by atoms with Gasteiger partial charge in [-0.25, -0.2) is 0 Å². The molecule has 0 radical (unpaired) electrons. The molecule has 0 fully saturated rings. The second kappa shape index (κ2) is 7.86. The number of aromatic nitrogens is 2. The average molecular weight is 372 g/mol. The van der Waals surface area contributed by atoms with Gasteiger partial charge in [0.05, 0.1) is 11.3 Å². The third kappa shape index (κ3) is 4.81. The second-order valence-electron chi connectivity index (χ2n) is 5.64. The van der Waals surface area contributed by atoms with Crippen LogP contribution in [0, 0.1) is 0 Å². The van der Waals surface area contributed by atoms with Gasteiger partial charge in [0, 0.05) is 30.8 Å². The first-order chi connectivity index (χ1) is 12.9. The Kier molecular flexibility index (Phi) is 5.35. The van der Waals surface area contributed by atoms with Crippen LogP contribution in [0.3, 0.4) is 0 Å². The van der Waals surface area contributed by atoms with E-state index in [1.807, 2.05) is 0 Å². The minimum Gasteiger partial charge on any atom is -0.355 e. The van der Waals surface area contributed by atoms with Gasteiger partial charge in [0.1, 0.15) is 5.69 Å². The summed E-state index contributed by atoms with van der Waals surface area (Å²) in [6, 6.07) is 11.6. The van der Waals surface area contributed by atoms with E-state index in [0.717, 1.165) is 11.6 Å². The van der Waals surface area contributed by atoms with Crippen molar-refractivity contribution in [3.05, 3.63) is 83.9 Å². The van der Waals surface area contributed by atoms with Crippen LogP contribution in [0.5, 0.6) is 0 Å². The molecule has 0 bridgehead atoms. The minimum absolute atomic E-state index is 0.0959. The molecule has 0 atom stereocenters. The fraction of sp³-hybridized carbons (Fsp3) is 0.105. The first kappa shape index (κ1) is 18.4. The molecule has 0 unspecified atom stereocenters. The number of pyridine rings is 2. The van der Waals surface area contributed by atoms with Crippen molar-refractivity contribution in [2.75, 3.05) is 5.32 Å². The van der Waals surface area contributed by atoms with Gasteiger partial charge in [-0.05, 0) is 42.0 Å². The minimum atomic E-state index is -4.48. The van der Waals surface area contributed by atoms with Gasteiger partial charge in [0.2, 0.25) is 0 Å². The number of para-hydroxylation sites is 1. The molecule has 1 amide bonds. The van der Waals surface area contributed by atoms with Crippen LogP contribution >= 0.6 is 0 Å². The number of amides is 1. The lowest BCUT2D eigenvalue weighted by Gasteiger charge is -2.14. The molecule has 2 N–H and O–H groups in total. The lowest BCUT2D eigenvalue weighted by atomic mass is 10.1. The largest absolute Gasteiger partial charge is 0.418 e. The number of rotatable bonds is 5. The molecule has 0 aliphatic heterocycles. The summed E-state index contributed by atoms with van der Waals surface area (Å²) < 4.78 is 39.3. The molecule has 5 nitrogen and oxygen atoms in total. The van der Waals surface area contributed by atoms with Crippen LogP contribution in [0.25, 0.3) is 0 Å². The Bertz CT molecular complexity index is 929. The molecule has 2 aromatic heterocycles. The van der Waals surface area contributed by atoms with Crippen molar-refractivity contribution in [2.45, 2.75) is 12.7 Å². The molecule has 27 heavy (non-hydrogen) atoms. The number of anilines is 2. The van der Waals surface area contributed by atoms with E-state index in [2.05, 4.69) is 20.6 Å². The van der Waals surface area contributed by atoms with Crippen LogP contribution in [-0.2, 0) is 12.7 Å². The molecule has 0 spiro atoms. The van der Waals surface area contributed by atoms with Crippen LogP contribution in [0.2, 0.25) is 0 Å². The van der Waals surface area contributed by atoms with Crippen molar-refractivity contribution in [3.8, 4) is 0 Å². The number of alkyl halides is 3. The van der Waals surface area contributed by atoms with Gasteiger partial charge in [-0.1, -0.05) is 12.1 Å². The van der Waals surface area contributed by atoms with Gasteiger partial charge in [0.15, 0.2) is 0 Å². The highest BCUT2D eigenvalue weighted by molar-refractivity contribution is 5.93. The zero-order valence-electron chi connectivity index (χ0n) is 14.0. The van der Waals surface area contributed by atoms with Crippen molar-refractivity contribution in [3.63, 3.8) is 0 Å². The van der Waals surface area contributed by atoms with Crippen molar-refractivity contribution in [1.29, 1.82) is 0 Å². The SMILES string of the molecule is O=C(NCc1ccncc1)c1cc(Nc2ccccc2C(F)(F)F)ccn1. The van der Waals surface area contributed by atoms with E-state index >= 15 is 0 Å². The van der Waals surface area contributed by atoms with Crippen molar-refractivity contribution < 1.29 is 18.0 Å². The molecule has 138 valence electrons. The van der Waals surface area contributed by atoms with E-state index in [0.29, 0.717) is 5.69 Å². The van der Waals surface area contributed by atoms with E-state index in [4.69, 9.17) is 0 Å². The van der Waals surface area contributed by atoms with Crippen LogP contribution in [0.1, 0.15) is 21.6 Å². The second-order valence-corrected chi connectivity index (χ2v) is 5.64. The Morgan fingerprint density at radius 1 is 1.00 bits per heavy atom. The number of hydrogen-bond acceptors (Lipinski definition) is 4. The summed E-state index contributed by atoms with van der Waals surface area (Å²) in [5.41, 5.74) is 0.408. The third-order valence-corrected chi connectivity index (χ3v) is 3.71. The number of carbonyl (C=O) groups is 1. The first-order valence-corrected chi connectivity index (χ1v) is 8.00. The predicted octanol–water partition coefficient (Wildman–Crippen LogP) is 4.17. The molecule has 3 rings (SSSR count). The number of benzene rings is 1. The normalized spacial score (nSPS) is 11.1. The van der Waals surface area contributed by atoms with Crippen molar-refractivity contribution in [2.24, 2.45) is 0 Å². The fourth-order valence-electron chi connectivity index (χ4n) is 2.40. The van der Waals surface area contributed by atoms with Crippen molar-refractivity contribution >= 4 is 17.3 Å². The van der Waals surface area contributed by atoms with Gasteiger partial charge in [-0.2, -0.15) is 13.2 Å². The Balaban J connectivity index is 1.74. The number of carbonyl (C=O) groups excluding carboxylic acids is 1. The molecular formula is C19H15F3N4O. The Labute approximate surface area is 153 Å². The third-order valence-electron chi connectivity index (χ3n) is 3.71. The Morgan fingerprint density at radius 3 is 2.48 bits per heavy atom. The quantitative estimate of drug-likeness (QED) is 0.706. The highest BCUT2D eigenvalue weighted by Crippen LogP contribution is 2.35. The highest BCUT2D eigenvalue weighted by Gasteiger charge is 2.33. The molecule has 2 heterocycles. The Hall–Kier alpha value is -3.42. The number of halogens is 3. The number of nitrogens with one attached hydrogen (secondary N) is 2. The average Bonchev–Trinajstić information content (AvgIpc) is 2.67. The summed E-state index contributed by atoms with van der Waals surface area (Å²) in [6.07, 6.45) is 0.103. The zero-order valence-corrected chi connectivity index (χ0v) is 14.0. The van der Waals surface area contributed by atoms with E-state index in [9.17, 15) is 18.0 Å². The smallest absolute Gasteiger partial charge is 0.355 e. The summed E-state index contributed by atoms with van der Waals surface area (Å²) in [5.74, 6) is -0.431. The van der Waals surface area contributed by atoms with Crippen LogP contribution < -0.4 is 10.6 Å². The van der Waals surface area contributed by atoms with Gasteiger partial charge in [-0.3, -0.25) is 14.8 Å². The molecule has 0 saturated heterocycles. The molecule has 0 saturated carbocycles. The first-order valence-electron chi connectivity index (χ1n) is 8.00. The summed E-state index contributed by atoms with van der Waals surface area (Å²) in [4.78, 5) is 20.1. The molecule has 1 aromatic carbocycles. The predicted molar refractivity (Wildman–Crippen MR) is 94.4 cm³/mol. The van der Waals surface area contributed by atoms with E-state index in [1.165, 1.54) is 36.5 Å². The van der Waals surface area contributed by atoms with Crippen molar-refractivity contribution in [1.82, 2.24) is 15.3 Å².